The number of carbonyl (C=O) groups excluding carboxylic acids is 1. The predicted octanol–water partition coefficient (Wildman–Crippen LogP) is -0.340. The summed E-state index contributed by atoms with van der Waals surface area (Å²) in [4.78, 5) is 26.9. The molecule has 0 saturated heterocycles. The van der Waals surface area contributed by atoms with Gasteiger partial charge in [0.05, 0.1) is 17.9 Å². The lowest BCUT2D eigenvalue weighted by Gasteiger charge is -2.02. The summed E-state index contributed by atoms with van der Waals surface area (Å²) in [6, 6.07) is 3.09. The second-order valence-electron chi connectivity index (χ2n) is 3.59. The van der Waals surface area contributed by atoms with Crippen molar-refractivity contribution in [2.75, 3.05) is 0 Å². The van der Waals surface area contributed by atoms with Crippen LogP contribution in [-0.2, 0) is 6.54 Å². The molecule has 0 aromatic carbocycles. The highest BCUT2D eigenvalue weighted by Crippen LogP contribution is 2.09. The Bertz CT molecular complexity index is 633. The van der Waals surface area contributed by atoms with Crippen LogP contribution < -0.4 is 16.8 Å². The number of nitrogens with one attached hydrogen (secondary N) is 1. The quantitative estimate of drug-likeness (QED) is 0.449. The van der Waals surface area contributed by atoms with Crippen LogP contribution in [0.1, 0.15) is 21.2 Å². The summed E-state index contributed by atoms with van der Waals surface area (Å²) in [5.74, 6) is 4.56. The van der Waals surface area contributed by atoms with Crippen LogP contribution in [-0.4, -0.2) is 20.7 Å². The van der Waals surface area contributed by atoms with E-state index >= 15 is 0 Å². The Hall–Kier alpha value is -2.06. The summed E-state index contributed by atoms with van der Waals surface area (Å²) in [7, 11) is 0. The van der Waals surface area contributed by atoms with Gasteiger partial charge in [-0.3, -0.25) is 15.0 Å². The first-order chi connectivity index (χ1) is 8.60. The van der Waals surface area contributed by atoms with Gasteiger partial charge in [0.15, 0.2) is 5.01 Å². The Balaban J connectivity index is 2.24. The van der Waals surface area contributed by atoms with Gasteiger partial charge in [-0.15, -0.1) is 11.3 Å². The van der Waals surface area contributed by atoms with Gasteiger partial charge in [0.25, 0.3) is 11.5 Å². The molecule has 2 rings (SSSR count). The van der Waals surface area contributed by atoms with Crippen molar-refractivity contribution in [1.82, 2.24) is 20.2 Å². The molecule has 2 heterocycles. The lowest BCUT2D eigenvalue weighted by molar-refractivity contribution is 0.0953. The van der Waals surface area contributed by atoms with E-state index in [0.29, 0.717) is 5.69 Å². The average Bonchev–Trinajstić information content (AvgIpc) is 2.81. The zero-order valence-electron chi connectivity index (χ0n) is 9.58. The third kappa shape index (κ3) is 2.60. The van der Waals surface area contributed by atoms with Crippen LogP contribution >= 0.6 is 11.3 Å². The van der Waals surface area contributed by atoms with E-state index in [1.165, 1.54) is 22.1 Å². The van der Waals surface area contributed by atoms with Crippen molar-refractivity contribution in [3.05, 3.63) is 44.3 Å². The molecule has 2 aromatic heterocycles. The number of carbonyl (C=O) groups is 1. The highest BCUT2D eigenvalue weighted by Gasteiger charge is 2.10. The van der Waals surface area contributed by atoms with Crippen molar-refractivity contribution < 1.29 is 4.79 Å². The van der Waals surface area contributed by atoms with Crippen molar-refractivity contribution in [1.29, 1.82) is 0 Å². The van der Waals surface area contributed by atoms with E-state index in [4.69, 9.17) is 5.84 Å². The molecule has 18 heavy (non-hydrogen) atoms. The van der Waals surface area contributed by atoms with E-state index in [1.807, 2.05) is 5.43 Å². The molecule has 1 amide bonds. The number of hydrogen-bond donors (Lipinski definition) is 2. The van der Waals surface area contributed by atoms with Crippen LogP contribution in [0.25, 0.3) is 0 Å². The zero-order valence-corrected chi connectivity index (χ0v) is 10.4. The van der Waals surface area contributed by atoms with Crippen LogP contribution in [0.2, 0.25) is 0 Å². The molecular weight excluding hydrogens is 254 g/mol. The van der Waals surface area contributed by atoms with E-state index in [-0.39, 0.29) is 17.1 Å². The molecule has 0 fully saturated rings. The highest BCUT2D eigenvalue weighted by atomic mass is 32.1. The maximum atomic E-state index is 11.5. The third-order valence-electron chi connectivity index (χ3n) is 2.19. The van der Waals surface area contributed by atoms with Gasteiger partial charge in [0.1, 0.15) is 0 Å². The number of hydrazine groups is 1. The second-order valence-corrected chi connectivity index (χ2v) is 4.45. The van der Waals surface area contributed by atoms with E-state index < -0.39 is 5.91 Å². The van der Waals surface area contributed by atoms with Crippen molar-refractivity contribution in [2.45, 2.75) is 13.5 Å². The average molecular weight is 265 g/mol. The smallest absolute Gasteiger partial charge is 0.288 e. The summed E-state index contributed by atoms with van der Waals surface area (Å²) >= 11 is 1.17. The van der Waals surface area contributed by atoms with E-state index in [0.717, 1.165) is 5.69 Å². The van der Waals surface area contributed by atoms with Gasteiger partial charge in [-0.2, -0.15) is 5.10 Å². The molecule has 0 aliphatic rings. The minimum atomic E-state index is -0.448. The Morgan fingerprint density at radius 3 is 3.06 bits per heavy atom. The minimum Gasteiger partial charge on any atom is -0.288 e. The van der Waals surface area contributed by atoms with Crippen LogP contribution in [0.5, 0.6) is 0 Å². The number of amides is 1. The second kappa shape index (κ2) is 5.07. The Morgan fingerprint density at radius 1 is 1.56 bits per heavy atom. The number of aromatic nitrogens is 3. The van der Waals surface area contributed by atoms with E-state index in [9.17, 15) is 9.59 Å². The summed E-state index contributed by atoms with van der Waals surface area (Å²) in [6.07, 6.45) is 0. The lowest BCUT2D eigenvalue weighted by atomic mass is 10.4. The number of nitrogen functional groups attached to an aromatic ring is 1. The number of rotatable bonds is 3. The molecule has 0 bridgehead atoms. The summed E-state index contributed by atoms with van der Waals surface area (Å²) in [6.45, 7) is 2.03. The number of nitrogens with zero attached hydrogens (tertiary/aromatic N) is 3. The largest absolute Gasteiger partial charge is 0.294 e. The third-order valence-corrected chi connectivity index (χ3v) is 3.08. The fourth-order valence-corrected chi connectivity index (χ4v) is 2.07. The molecule has 3 N–H and O–H groups in total. The fourth-order valence-electron chi connectivity index (χ4n) is 1.36. The Morgan fingerprint density at radius 2 is 2.33 bits per heavy atom. The molecule has 7 nitrogen and oxygen atoms in total. The van der Waals surface area contributed by atoms with Gasteiger partial charge in [0, 0.05) is 11.4 Å². The molecule has 0 radical (unpaired) electrons. The molecule has 0 spiro atoms. The summed E-state index contributed by atoms with van der Waals surface area (Å²) in [5.41, 5.74) is 3.13. The van der Waals surface area contributed by atoms with E-state index in [1.54, 1.807) is 18.4 Å². The molecule has 0 aliphatic heterocycles. The molecule has 0 unspecified atom stereocenters. The number of thiazole rings is 1. The number of aryl methyl sites for hydroxylation is 1. The van der Waals surface area contributed by atoms with Crippen LogP contribution in [0.15, 0.2) is 22.3 Å². The normalized spacial score (nSPS) is 10.3. The van der Waals surface area contributed by atoms with Crippen molar-refractivity contribution in [2.24, 2.45) is 5.84 Å². The molecular formula is C10H11N5O2S. The van der Waals surface area contributed by atoms with Crippen LogP contribution in [0.4, 0.5) is 0 Å². The molecule has 2 aromatic rings. The van der Waals surface area contributed by atoms with Crippen molar-refractivity contribution in [3.8, 4) is 0 Å². The first-order valence-corrected chi connectivity index (χ1v) is 5.98. The van der Waals surface area contributed by atoms with Gasteiger partial charge < -0.3 is 0 Å². The van der Waals surface area contributed by atoms with Crippen molar-refractivity contribution in [3.63, 3.8) is 0 Å². The molecule has 0 saturated carbocycles. The maximum Gasteiger partial charge on any atom is 0.294 e. The molecule has 8 heteroatoms. The van der Waals surface area contributed by atoms with Gasteiger partial charge >= 0.3 is 0 Å². The molecule has 0 aliphatic carbocycles. The first-order valence-electron chi connectivity index (χ1n) is 5.10. The number of nitrogens with two attached hydrogens (primary N) is 1. The van der Waals surface area contributed by atoms with Gasteiger partial charge in [0.2, 0.25) is 0 Å². The monoisotopic (exact) mass is 265 g/mol. The van der Waals surface area contributed by atoms with E-state index in [2.05, 4.69) is 10.1 Å². The SMILES string of the molecule is Cc1ccc(=O)n(Cc2csc(C(=O)NN)n2)n1. The maximum absolute atomic E-state index is 11.5. The van der Waals surface area contributed by atoms with Crippen molar-refractivity contribution >= 4 is 17.2 Å². The number of hydrogen-bond acceptors (Lipinski definition) is 6. The Labute approximate surface area is 106 Å². The predicted molar refractivity (Wildman–Crippen MR) is 66.1 cm³/mol. The topological polar surface area (TPSA) is 103 Å². The fraction of sp³-hybridized carbons (Fsp3) is 0.200. The standard InChI is InChI=1S/C10H11N5O2S/c1-6-2-3-8(16)15(14-6)4-7-5-18-10(12-7)9(17)13-11/h2-3,5H,4,11H2,1H3,(H,13,17). The van der Waals surface area contributed by atoms with Crippen LogP contribution in [0.3, 0.4) is 0 Å². The summed E-state index contributed by atoms with van der Waals surface area (Å²) in [5, 5.41) is 6.04. The highest BCUT2D eigenvalue weighted by molar-refractivity contribution is 7.11. The van der Waals surface area contributed by atoms with Gasteiger partial charge in [-0.25, -0.2) is 15.5 Å². The van der Waals surface area contributed by atoms with Gasteiger partial charge in [-0.05, 0) is 13.0 Å². The summed E-state index contributed by atoms with van der Waals surface area (Å²) < 4.78 is 1.30. The van der Waals surface area contributed by atoms with Gasteiger partial charge in [-0.1, -0.05) is 0 Å². The minimum absolute atomic E-state index is 0.210. The zero-order chi connectivity index (χ0) is 13.1. The molecule has 94 valence electrons. The lowest BCUT2D eigenvalue weighted by Crippen LogP contribution is -2.30. The van der Waals surface area contributed by atoms with Crippen LogP contribution in [0, 0.1) is 6.92 Å². The Kier molecular flexibility index (Phi) is 3.49. The molecule has 0 atom stereocenters. The first kappa shape index (κ1) is 12.4.